The van der Waals surface area contributed by atoms with Gasteiger partial charge in [0.1, 0.15) is 35.8 Å². The predicted molar refractivity (Wildman–Crippen MR) is 157 cm³/mol. The fourth-order valence-electron chi connectivity index (χ4n) is 6.72. The zero-order valence-corrected chi connectivity index (χ0v) is 26.4. The van der Waals surface area contributed by atoms with Gasteiger partial charge in [-0.05, 0) is 78.6 Å². The quantitative estimate of drug-likeness (QED) is 0.203. The Morgan fingerprint density at radius 3 is 2.79 bits per heavy atom. The van der Waals surface area contributed by atoms with Gasteiger partial charge in [-0.2, -0.15) is 0 Å². The van der Waals surface area contributed by atoms with E-state index in [0.29, 0.717) is 49.6 Å². The van der Waals surface area contributed by atoms with Crippen LogP contribution in [0, 0.1) is 17.2 Å². The van der Waals surface area contributed by atoms with Gasteiger partial charge in [-0.1, -0.05) is 32.9 Å². The molecule has 2 saturated heterocycles. The molecule has 0 N–H and O–H groups in total. The third-order valence-electron chi connectivity index (χ3n) is 10.3. The van der Waals surface area contributed by atoms with Gasteiger partial charge in [-0.3, -0.25) is 4.79 Å². The molecule has 6 rings (SSSR count). The first-order chi connectivity index (χ1) is 19.9. The van der Waals surface area contributed by atoms with Crippen molar-refractivity contribution in [2.75, 3.05) is 33.3 Å². The van der Waals surface area contributed by atoms with E-state index in [4.69, 9.17) is 23.4 Å². The largest absolute Gasteiger partial charge is 0.466 e. The van der Waals surface area contributed by atoms with E-state index in [-0.39, 0.29) is 41.9 Å². The third kappa shape index (κ3) is 5.64. The zero-order chi connectivity index (χ0) is 29.8. The van der Waals surface area contributed by atoms with Gasteiger partial charge in [0.05, 0.1) is 19.3 Å². The minimum atomic E-state index is -1.77. The van der Waals surface area contributed by atoms with E-state index in [2.05, 4.69) is 38.8 Å². The van der Waals surface area contributed by atoms with Crippen molar-refractivity contribution in [3.63, 3.8) is 0 Å². The molecule has 8 nitrogen and oxygen atoms in total. The van der Waals surface area contributed by atoms with Crippen molar-refractivity contribution in [3.8, 4) is 5.75 Å². The molecule has 2 saturated carbocycles. The Balaban J connectivity index is 0.967. The molecule has 0 bridgehead atoms. The fourth-order valence-corrected chi connectivity index (χ4v) is 8.09. The van der Waals surface area contributed by atoms with Crippen LogP contribution in [0.5, 0.6) is 5.75 Å². The van der Waals surface area contributed by atoms with Gasteiger partial charge >= 0.3 is 0 Å². The molecule has 3 heterocycles. The molecule has 1 aromatic carbocycles. The van der Waals surface area contributed by atoms with Crippen molar-refractivity contribution in [3.05, 3.63) is 59.7 Å². The predicted octanol–water partition coefficient (Wildman–Crippen LogP) is 5.88. The minimum Gasteiger partial charge on any atom is -0.466 e. The first-order valence-corrected chi connectivity index (χ1v) is 18.0. The molecule has 2 aliphatic carbocycles. The zero-order valence-electron chi connectivity index (χ0n) is 25.4. The van der Waals surface area contributed by atoms with Crippen LogP contribution in [0.3, 0.4) is 0 Å². The lowest BCUT2D eigenvalue weighted by molar-refractivity contribution is -0.0441. The van der Waals surface area contributed by atoms with Gasteiger partial charge in [0.25, 0.3) is 5.91 Å². The average Bonchev–Trinajstić information content (AvgIpc) is 3.26. The van der Waals surface area contributed by atoms with Gasteiger partial charge in [0.2, 0.25) is 0 Å². The summed E-state index contributed by atoms with van der Waals surface area (Å²) in [6.07, 6.45) is 5.45. The monoisotopic (exact) mass is 598 g/mol. The molecule has 4 aliphatic rings. The number of aromatic nitrogens is 1. The number of amides is 1. The summed E-state index contributed by atoms with van der Waals surface area (Å²) < 4.78 is 44.2. The van der Waals surface area contributed by atoms with E-state index < -0.39 is 13.9 Å². The number of likely N-dealkylation sites (tertiary alicyclic amines) is 1. The van der Waals surface area contributed by atoms with Crippen molar-refractivity contribution in [2.45, 2.75) is 82.4 Å². The molecule has 2 aliphatic heterocycles. The summed E-state index contributed by atoms with van der Waals surface area (Å²) in [5.41, 5.74) is 0.558. The number of halogens is 1. The van der Waals surface area contributed by atoms with E-state index >= 15 is 0 Å². The number of benzene rings is 1. The van der Waals surface area contributed by atoms with Crippen LogP contribution < -0.4 is 4.74 Å². The van der Waals surface area contributed by atoms with Crippen LogP contribution in [-0.4, -0.2) is 69.6 Å². The van der Waals surface area contributed by atoms with Gasteiger partial charge in [0, 0.05) is 19.1 Å². The Morgan fingerprint density at radius 1 is 1.21 bits per heavy atom. The second-order valence-electron chi connectivity index (χ2n) is 14.0. The highest BCUT2D eigenvalue weighted by Gasteiger charge is 2.61. The maximum Gasteiger partial charge on any atom is 0.272 e. The Labute approximate surface area is 249 Å². The molecule has 2 aromatic rings. The van der Waals surface area contributed by atoms with Gasteiger partial charge in [-0.15, -0.1) is 0 Å². The molecule has 1 amide bonds. The second-order valence-corrected chi connectivity index (χ2v) is 18.8. The summed E-state index contributed by atoms with van der Waals surface area (Å²) in [4.78, 5) is 19.3. The molecule has 4 fully saturated rings. The lowest BCUT2D eigenvalue weighted by atomic mass is 9.82. The van der Waals surface area contributed by atoms with Crippen molar-refractivity contribution >= 4 is 14.2 Å². The van der Waals surface area contributed by atoms with Crippen LogP contribution in [0.1, 0.15) is 62.5 Å². The Kier molecular flexibility index (Phi) is 7.75. The average molecular weight is 599 g/mol. The lowest BCUT2D eigenvalue weighted by Gasteiger charge is -2.41. The SMILES string of the molecule is CC(C)(C)[Si](C)(C)OC1CC2CC2(COCOc2ccc(C(=O)N3CC[C@]4(c5cccc(F)c5)OCO[C@@H]4C3)nc2)C1. The third-order valence-corrected chi connectivity index (χ3v) is 14.8. The second kappa shape index (κ2) is 11.0. The van der Waals surface area contributed by atoms with E-state index in [9.17, 15) is 9.18 Å². The number of rotatable bonds is 9. The maximum absolute atomic E-state index is 13.9. The Bertz CT molecular complexity index is 1300. The fraction of sp³-hybridized carbons (Fsp3) is 0.625. The smallest absolute Gasteiger partial charge is 0.272 e. The highest BCUT2D eigenvalue weighted by Crippen LogP contribution is 2.64. The summed E-state index contributed by atoms with van der Waals surface area (Å²) in [6, 6.07) is 9.84. The van der Waals surface area contributed by atoms with Crippen molar-refractivity contribution in [2.24, 2.45) is 11.3 Å². The van der Waals surface area contributed by atoms with E-state index in [1.165, 1.54) is 18.6 Å². The Morgan fingerprint density at radius 2 is 2.05 bits per heavy atom. The summed E-state index contributed by atoms with van der Waals surface area (Å²) >= 11 is 0. The first kappa shape index (κ1) is 29.7. The van der Waals surface area contributed by atoms with Crippen LogP contribution in [0.4, 0.5) is 4.39 Å². The van der Waals surface area contributed by atoms with Crippen LogP contribution in [-0.2, 0) is 24.2 Å². The minimum absolute atomic E-state index is 0.114. The van der Waals surface area contributed by atoms with Crippen molar-refractivity contribution < 1.29 is 32.6 Å². The molecule has 0 spiro atoms. The first-order valence-electron chi connectivity index (χ1n) is 15.1. The number of carbonyl (C=O) groups is 1. The van der Waals surface area contributed by atoms with E-state index in [1.807, 2.05) is 6.07 Å². The van der Waals surface area contributed by atoms with Crippen LogP contribution in [0.25, 0.3) is 0 Å². The number of pyridine rings is 1. The van der Waals surface area contributed by atoms with Crippen LogP contribution >= 0.6 is 0 Å². The summed E-state index contributed by atoms with van der Waals surface area (Å²) in [5.74, 6) is 0.741. The summed E-state index contributed by atoms with van der Waals surface area (Å²) in [5, 5.41) is 0.217. The highest BCUT2D eigenvalue weighted by atomic mass is 28.4. The standard InChI is InChI=1S/C32H43FN2O6Si/c1-30(2,3)42(4,5)41-26-14-23-15-31(23,16-26)19-37-20-38-25-9-10-27(34-17-25)29(36)35-12-11-32(28(18-35)39-21-40-32)22-7-6-8-24(33)13-22/h6-10,13,17,23,26,28H,11-12,14-16,18-21H2,1-5H3/t23?,26?,28-,31?,32-/m1/s1. The number of nitrogens with zero attached hydrogens (tertiary/aromatic N) is 2. The molecule has 228 valence electrons. The topological polar surface area (TPSA) is 79.4 Å². The molecular formula is C32H43FN2O6Si. The van der Waals surface area contributed by atoms with Crippen molar-refractivity contribution in [1.82, 2.24) is 9.88 Å². The van der Waals surface area contributed by atoms with Gasteiger partial charge < -0.3 is 28.3 Å². The van der Waals surface area contributed by atoms with Crippen LogP contribution in [0.15, 0.2) is 42.6 Å². The number of carbonyl (C=O) groups excluding carboxylic acids is 1. The maximum atomic E-state index is 13.9. The number of hydrogen-bond acceptors (Lipinski definition) is 7. The molecule has 3 unspecified atom stereocenters. The van der Waals surface area contributed by atoms with Crippen LogP contribution in [0.2, 0.25) is 18.1 Å². The van der Waals surface area contributed by atoms with Gasteiger partial charge in [-0.25, -0.2) is 9.37 Å². The number of hydrogen-bond donors (Lipinski definition) is 0. The van der Waals surface area contributed by atoms with E-state index in [1.54, 1.807) is 29.3 Å². The lowest BCUT2D eigenvalue weighted by Crippen LogP contribution is -2.53. The van der Waals surface area contributed by atoms with Crippen molar-refractivity contribution in [1.29, 1.82) is 0 Å². The molecule has 42 heavy (non-hydrogen) atoms. The molecular weight excluding hydrogens is 555 g/mol. The number of ether oxygens (including phenoxy) is 4. The molecule has 0 radical (unpaired) electrons. The normalized spacial score (nSPS) is 30.6. The van der Waals surface area contributed by atoms with E-state index in [0.717, 1.165) is 18.4 Å². The number of fused-ring (bicyclic) bond motifs is 2. The number of piperidine rings is 1. The molecule has 1 aromatic heterocycles. The summed E-state index contributed by atoms with van der Waals surface area (Å²) in [7, 11) is -1.77. The van der Waals surface area contributed by atoms with Gasteiger partial charge in [0.15, 0.2) is 15.1 Å². The molecule has 5 atom stereocenters. The highest BCUT2D eigenvalue weighted by molar-refractivity contribution is 6.74. The molecule has 10 heteroatoms. The Hall–Kier alpha value is -2.37. The summed E-state index contributed by atoms with van der Waals surface area (Å²) in [6.45, 7) is 13.2.